The molecule has 0 aliphatic heterocycles. The molecule has 0 aromatic heterocycles. The van der Waals surface area contributed by atoms with Crippen LogP contribution < -0.4 is 0 Å². The second-order valence-electron chi connectivity index (χ2n) is 6.66. The van der Waals surface area contributed by atoms with E-state index in [4.69, 9.17) is 0 Å². The Morgan fingerprint density at radius 2 is 1.33 bits per heavy atom. The molecule has 0 fully saturated rings. The molecule has 1 heteroatoms. The number of hydrogen-bond acceptors (Lipinski definition) is 1. The number of phenolic OH excluding ortho intramolecular Hbond substituents is 1. The summed E-state index contributed by atoms with van der Waals surface area (Å²) in [6.07, 6.45) is 2.13. The molecular weight excluding hydrogens is 220 g/mol. The van der Waals surface area contributed by atoms with Gasteiger partial charge < -0.3 is 5.11 Å². The van der Waals surface area contributed by atoms with Crippen molar-refractivity contribution >= 4 is 0 Å². The largest absolute Gasteiger partial charge is 0.508 e. The minimum Gasteiger partial charge on any atom is -0.508 e. The molecule has 0 saturated carbocycles. The Morgan fingerprint density at radius 3 is 1.78 bits per heavy atom. The summed E-state index contributed by atoms with van der Waals surface area (Å²) in [6.45, 7) is 15.4. The maximum absolute atomic E-state index is 10.2. The molecule has 1 aromatic rings. The summed E-state index contributed by atoms with van der Waals surface area (Å²) in [5.41, 5.74) is 3.81. The second-order valence-corrected chi connectivity index (χ2v) is 6.66. The molecule has 102 valence electrons. The first-order valence-electron chi connectivity index (χ1n) is 7.00. The molecule has 1 aromatic carbocycles. The highest BCUT2D eigenvalue weighted by Crippen LogP contribution is 2.39. The molecule has 0 spiro atoms. The van der Waals surface area contributed by atoms with E-state index in [1.807, 2.05) is 6.07 Å². The third-order valence-corrected chi connectivity index (χ3v) is 4.57. The Hall–Kier alpha value is -0.980. The topological polar surface area (TPSA) is 20.2 Å². The molecule has 0 amide bonds. The van der Waals surface area contributed by atoms with Crippen molar-refractivity contribution in [3.63, 3.8) is 0 Å². The molecule has 0 heterocycles. The fourth-order valence-corrected chi connectivity index (χ4v) is 2.34. The number of phenols is 1. The number of aromatic hydroxyl groups is 1. The van der Waals surface area contributed by atoms with Crippen LogP contribution in [0.1, 0.15) is 71.1 Å². The summed E-state index contributed by atoms with van der Waals surface area (Å²) >= 11 is 0. The highest BCUT2D eigenvalue weighted by atomic mass is 16.3. The van der Waals surface area contributed by atoms with Crippen LogP contribution in [0.3, 0.4) is 0 Å². The van der Waals surface area contributed by atoms with Gasteiger partial charge in [-0.1, -0.05) is 47.6 Å². The molecule has 1 rings (SSSR count). The molecule has 18 heavy (non-hydrogen) atoms. The Bertz CT molecular complexity index is 390. The van der Waals surface area contributed by atoms with Gasteiger partial charge in [-0.15, -0.1) is 0 Å². The molecule has 0 saturated heterocycles. The van der Waals surface area contributed by atoms with Crippen LogP contribution in [0, 0.1) is 6.92 Å². The standard InChI is InChI=1S/C17H28O/c1-8-16(4,5)13-11-14(17(6,7)9-2)15(18)10-12(13)3/h10-11,18H,8-9H2,1-7H3. The molecule has 1 N–H and O–H groups in total. The predicted molar refractivity (Wildman–Crippen MR) is 79.5 cm³/mol. The molecule has 0 aliphatic carbocycles. The van der Waals surface area contributed by atoms with E-state index in [-0.39, 0.29) is 10.8 Å². The van der Waals surface area contributed by atoms with Crippen LogP contribution in [0.5, 0.6) is 5.75 Å². The van der Waals surface area contributed by atoms with Crippen LogP contribution >= 0.6 is 0 Å². The van der Waals surface area contributed by atoms with Gasteiger partial charge in [-0.2, -0.15) is 0 Å². The predicted octanol–water partition coefficient (Wildman–Crippen LogP) is 5.08. The van der Waals surface area contributed by atoms with Crippen LogP contribution in [0.2, 0.25) is 0 Å². The minimum absolute atomic E-state index is 0.0242. The normalized spacial score (nSPS) is 12.8. The van der Waals surface area contributed by atoms with E-state index in [9.17, 15) is 5.11 Å². The fourth-order valence-electron chi connectivity index (χ4n) is 2.34. The van der Waals surface area contributed by atoms with Gasteiger partial charge in [0, 0.05) is 0 Å². The zero-order chi connectivity index (χ0) is 14.1. The van der Waals surface area contributed by atoms with Crippen LogP contribution in [0.4, 0.5) is 0 Å². The van der Waals surface area contributed by atoms with Gasteiger partial charge in [-0.25, -0.2) is 0 Å². The average Bonchev–Trinajstić information content (AvgIpc) is 2.28. The lowest BCUT2D eigenvalue weighted by atomic mass is 9.74. The van der Waals surface area contributed by atoms with Gasteiger partial charge in [0.1, 0.15) is 5.75 Å². The first-order chi connectivity index (χ1) is 8.15. The van der Waals surface area contributed by atoms with Crippen molar-refractivity contribution in [3.05, 3.63) is 28.8 Å². The van der Waals surface area contributed by atoms with Crippen LogP contribution in [0.15, 0.2) is 12.1 Å². The molecule has 0 aliphatic rings. The van der Waals surface area contributed by atoms with E-state index in [1.165, 1.54) is 11.1 Å². The van der Waals surface area contributed by atoms with E-state index in [1.54, 1.807) is 0 Å². The van der Waals surface area contributed by atoms with E-state index < -0.39 is 0 Å². The fraction of sp³-hybridized carbons (Fsp3) is 0.647. The highest BCUT2D eigenvalue weighted by molar-refractivity contribution is 5.47. The van der Waals surface area contributed by atoms with Gasteiger partial charge in [0.15, 0.2) is 0 Å². The second kappa shape index (κ2) is 4.95. The van der Waals surface area contributed by atoms with E-state index in [2.05, 4.69) is 54.5 Å². The van der Waals surface area contributed by atoms with Crippen LogP contribution in [-0.2, 0) is 10.8 Å². The van der Waals surface area contributed by atoms with Gasteiger partial charge in [0.25, 0.3) is 0 Å². The van der Waals surface area contributed by atoms with Gasteiger partial charge in [-0.05, 0) is 53.4 Å². The number of rotatable bonds is 4. The Kier molecular flexibility index (Phi) is 4.15. The summed E-state index contributed by atoms with van der Waals surface area (Å²) in [6, 6.07) is 4.15. The lowest BCUT2D eigenvalue weighted by molar-refractivity contribution is 0.424. The van der Waals surface area contributed by atoms with Crippen molar-refractivity contribution in [2.24, 2.45) is 0 Å². The summed E-state index contributed by atoms with van der Waals surface area (Å²) < 4.78 is 0. The van der Waals surface area contributed by atoms with E-state index in [0.29, 0.717) is 5.75 Å². The SMILES string of the molecule is CCC(C)(C)c1cc(C(C)(C)CC)c(O)cc1C. The third kappa shape index (κ3) is 2.71. The zero-order valence-electron chi connectivity index (χ0n) is 13.0. The quantitative estimate of drug-likeness (QED) is 0.788. The van der Waals surface area contributed by atoms with Gasteiger partial charge in [-0.3, -0.25) is 0 Å². The lowest BCUT2D eigenvalue weighted by Crippen LogP contribution is -2.21. The third-order valence-electron chi connectivity index (χ3n) is 4.57. The molecule has 0 bridgehead atoms. The summed E-state index contributed by atoms with van der Waals surface area (Å²) in [5, 5.41) is 10.2. The maximum Gasteiger partial charge on any atom is 0.119 e. The molecule has 0 unspecified atom stereocenters. The maximum atomic E-state index is 10.2. The smallest absolute Gasteiger partial charge is 0.119 e. The zero-order valence-corrected chi connectivity index (χ0v) is 13.0. The average molecular weight is 248 g/mol. The molecule has 1 nitrogen and oxygen atoms in total. The number of aryl methyl sites for hydroxylation is 1. The van der Waals surface area contributed by atoms with Gasteiger partial charge in [0.2, 0.25) is 0 Å². The van der Waals surface area contributed by atoms with Gasteiger partial charge >= 0.3 is 0 Å². The van der Waals surface area contributed by atoms with E-state index in [0.717, 1.165) is 18.4 Å². The Labute approximate surface area is 112 Å². The van der Waals surface area contributed by atoms with Crippen LogP contribution in [0.25, 0.3) is 0 Å². The van der Waals surface area contributed by atoms with Crippen molar-refractivity contribution in [1.82, 2.24) is 0 Å². The summed E-state index contributed by atoms with van der Waals surface area (Å²) in [7, 11) is 0. The monoisotopic (exact) mass is 248 g/mol. The molecular formula is C17H28O. The molecule has 0 atom stereocenters. The first-order valence-corrected chi connectivity index (χ1v) is 7.00. The highest BCUT2D eigenvalue weighted by Gasteiger charge is 2.27. The van der Waals surface area contributed by atoms with Gasteiger partial charge in [0.05, 0.1) is 0 Å². The van der Waals surface area contributed by atoms with Crippen molar-refractivity contribution in [3.8, 4) is 5.75 Å². The van der Waals surface area contributed by atoms with Crippen molar-refractivity contribution < 1.29 is 5.11 Å². The minimum atomic E-state index is 0.0242. The van der Waals surface area contributed by atoms with Crippen molar-refractivity contribution in [2.45, 2.75) is 72.1 Å². The first kappa shape index (κ1) is 15.1. The number of hydrogen-bond donors (Lipinski definition) is 1. The summed E-state index contributed by atoms with van der Waals surface area (Å²) in [4.78, 5) is 0. The Balaban J connectivity index is 3.45. The van der Waals surface area contributed by atoms with Crippen LogP contribution in [-0.4, -0.2) is 5.11 Å². The van der Waals surface area contributed by atoms with Crippen molar-refractivity contribution in [2.75, 3.05) is 0 Å². The Morgan fingerprint density at radius 1 is 0.889 bits per heavy atom. The lowest BCUT2D eigenvalue weighted by Gasteiger charge is -2.30. The van der Waals surface area contributed by atoms with Crippen molar-refractivity contribution in [1.29, 1.82) is 0 Å². The summed E-state index contributed by atoms with van der Waals surface area (Å²) in [5.74, 6) is 0.440. The van der Waals surface area contributed by atoms with E-state index >= 15 is 0 Å². The number of benzene rings is 1. The molecule has 0 radical (unpaired) electrons.